The van der Waals surface area contributed by atoms with E-state index in [2.05, 4.69) is 25.6 Å². The van der Waals surface area contributed by atoms with E-state index in [0.29, 0.717) is 42.1 Å². The first-order valence-electron chi connectivity index (χ1n) is 11.8. The van der Waals surface area contributed by atoms with Gasteiger partial charge in [0.15, 0.2) is 0 Å². The van der Waals surface area contributed by atoms with E-state index in [9.17, 15) is 4.79 Å². The summed E-state index contributed by atoms with van der Waals surface area (Å²) in [5.74, 6) is 1.67. The number of hydrogen-bond donors (Lipinski definition) is 2. The molecule has 0 fully saturated rings. The molecular weight excluding hydrogens is 492 g/mol. The number of benzene rings is 2. The smallest absolute Gasteiger partial charge is 0.234 e. The maximum absolute atomic E-state index is 12.0. The molecule has 10 heteroatoms. The first-order valence-corrected chi connectivity index (χ1v) is 12.2. The number of anilines is 2. The lowest BCUT2D eigenvalue weighted by atomic mass is 10.2. The number of halogens is 1. The summed E-state index contributed by atoms with van der Waals surface area (Å²) in [5.41, 5.74) is 2.27. The van der Waals surface area contributed by atoms with Crippen molar-refractivity contribution < 1.29 is 14.3 Å². The van der Waals surface area contributed by atoms with Gasteiger partial charge in [0.25, 0.3) is 0 Å². The number of pyridine rings is 1. The second-order valence-electron chi connectivity index (χ2n) is 8.77. The number of rotatable bonds is 11. The second-order valence-corrected chi connectivity index (χ2v) is 9.18. The van der Waals surface area contributed by atoms with Crippen LogP contribution in [-0.4, -0.2) is 59.0 Å². The first-order chi connectivity index (χ1) is 17.9. The van der Waals surface area contributed by atoms with Crippen LogP contribution < -0.4 is 20.1 Å². The van der Waals surface area contributed by atoms with E-state index < -0.39 is 0 Å². The van der Waals surface area contributed by atoms with Crippen molar-refractivity contribution in [2.75, 3.05) is 32.6 Å². The van der Waals surface area contributed by atoms with E-state index in [0.717, 1.165) is 22.3 Å². The van der Waals surface area contributed by atoms with Gasteiger partial charge in [0.2, 0.25) is 5.91 Å². The molecule has 0 radical (unpaired) electrons. The monoisotopic (exact) mass is 520 g/mol. The van der Waals surface area contributed by atoms with Gasteiger partial charge in [-0.2, -0.15) is 0 Å². The van der Waals surface area contributed by atoms with Crippen LogP contribution in [0.3, 0.4) is 0 Å². The fourth-order valence-electron chi connectivity index (χ4n) is 3.63. The summed E-state index contributed by atoms with van der Waals surface area (Å²) in [5, 5.41) is 7.43. The number of ether oxygens (including phenoxy) is 2. The zero-order valence-electron chi connectivity index (χ0n) is 20.9. The number of nitrogens with zero attached hydrogens (tertiary/aromatic N) is 4. The first kappa shape index (κ1) is 26.1. The highest BCUT2D eigenvalue weighted by molar-refractivity contribution is 6.32. The van der Waals surface area contributed by atoms with E-state index in [4.69, 9.17) is 21.1 Å². The van der Waals surface area contributed by atoms with Crippen molar-refractivity contribution in [2.45, 2.75) is 19.6 Å². The van der Waals surface area contributed by atoms with Crippen molar-refractivity contribution in [3.05, 3.63) is 77.8 Å². The summed E-state index contributed by atoms with van der Waals surface area (Å²) in [4.78, 5) is 26.9. The summed E-state index contributed by atoms with van der Waals surface area (Å²) in [6, 6.07) is 16.5. The van der Waals surface area contributed by atoms with Crippen molar-refractivity contribution in [3.63, 3.8) is 0 Å². The predicted octanol–water partition coefficient (Wildman–Crippen LogP) is 4.45. The predicted molar refractivity (Wildman–Crippen MR) is 144 cm³/mol. The molecule has 2 aromatic carbocycles. The molecular formula is C27H29ClN6O3. The molecule has 0 aliphatic rings. The molecule has 0 saturated carbocycles. The van der Waals surface area contributed by atoms with Crippen molar-refractivity contribution >= 4 is 39.9 Å². The van der Waals surface area contributed by atoms with Gasteiger partial charge in [-0.05, 0) is 63.5 Å². The Morgan fingerprint density at radius 1 is 1.03 bits per heavy atom. The molecule has 0 bridgehead atoms. The van der Waals surface area contributed by atoms with Crippen molar-refractivity contribution in [1.82, 2.24) is 25.2 Å². The molecule has 1 atom stereocenters. The van der Waals surface area contributed by atoms with Crippen molar-refractivity contribution in [1.29, 1.82) is 0 Å². The lowest BCUT2D eigenvalue weighted by Crippen LogP contribution is -2.41. The molecule has 0 aliphatic heterocycles. The highest BCUT2D eigenvalue weighted by Gasteiger charge is 2.14. The second kappa shape index (κ2) is 12.3. The number of nitrogens with one attached hydrogen (secondary N) is 2. The highest BCUT2D eigenvalue weighted by atomic mass is 35.5. The molecule has 0 spiro atoms. The third-order valence-electron chi connectivity index (χ3n) is 5.28. The van der Waals surface area contributed by atoms with Gasteiger partial charge in [-0.1, -0.05) is 23.7 Å². The molecule has 0 aliphatic carbocycles. The number of likely N-dealkylation sites (N-methyl/N-ethyl adjacent to an activating group) is 1. The minimum Gasteiger partial charge on any atom is -0.491 e. The Kier molecular flexibility index (Phi) is 8.71. The molecule has 4 aromatic rings. The van der Waals surface area contributed by atoms with E-state index in [-0.39, 0.29) is 11.9 Å². The Labute approximate surface area is 220 Å². The third kappa shape index (κ3) is 7.28. The summed E-state index contributed by atoms with van der Waals surface area (Å²) in [7, 11) is 3.70. The fraction of sp³-hybridized carbons (Fsp3) is 0.259. The van der Waals surface area contributed by atoms with E-state index in [1.165, 1.54) is 6.33 Å². The fourth-order valence-corrected chi connectivity index (χ4v) is 3.86. The Balaban J connectivity index is 1.47. The zero-order valence-corrected chi connectivity index (χ0v) is 21.7. The molecule has 1 amide bonds. The number of hydrogen-bond acceptors (Lipinski definition) is 8. The lowest BCUT2D eigenvalue weighted by molar-refractivity contribution is -0.122. The average molecular weight is 521 g/mol. The van der Waals surface area contributed by atoms with Gasteiger partial charge in [-0.15, -0.1) is 0 Å². The Hall–Kier alpha value is -3.95. The maximum atomic E-state index is 12.0. The van der Waals surface area contributed by atoms with Crippen LogP contribution >= 0.6 is 11.6 Å². The SMILES string of the molecule is C[C@@H](COc1cccc2ncnc(Nc3ccc(OCc4ccccn4)c(Cl)c3)c12)NC(=O)CN(C)C. The molecule has 2 aromatic heterocycles. The van der Waals surface area contributed by atoms with Gasteiger partial charge in [-0.3, -0.25) is 9.78 Å². The molecule has 0 unspecified atom stereocenters. The van der Waals surface area contributed by atoms with E-state index in [1.807, 2.05) is 68.4 Å². The number of fused-ring (bicyclic) bond motifs is 1. The normalized spacial score (nSPS) is 11.8. The highest BCUT2D eigenvalue weighted by Crippen LogP contribution is 2.34. The standard InChI is InChI=1S/C27H29ClN6O3/c1-18(32-25(35)14-34(2)3)15-36-24-9-6-8-22-26(24)27(31-17-30-22)33-19-10-11-23(21(28)13-19)37-16-20-7-4-5-12-29-20/h4-13,17-18H,14-16H2,1-3H3,(H,32,35)(H,30,31,33)/t18-/m0/s1. The van der Waals surface area contributed by atoms with Crippen LogP contribution in [0.25, 0.3) is 10.9 Å². The molecule has 2 N–H and O–H groups in total. The quantitative estimate of drug-likeness (QED) is 0.299. The molecule has 37 heavy (non-hydrogen) atoms. The molecule has 4 rings (SSSR count). The van der Waals surface area contributed by atoms with Gasteiger partial charge in [0, 0.05) is 11.9 Å². The van der Waals surface area contributed by atoms with Crippen LogP contribution in [0.5, 0.6) is 11.5 Å². The van der Waals surface area contributed by atoms with Crippen LogP contribution in [0.2, 0.25) is 5.02 Å². The summed E-state index contributed by atoms with van der Waals surface area (Å²) < 4.78 is 11.9. The van der Waals surface area contributed by atoms with Gasteiger partial charge in [0.1, 0.15) is 36.9 Å². The molecule has 2 heterocycles. The Bertz CT molecular complexity index is 1350. The zero-order chi connectivity index (χ0) is 26.2. The van der Waals surface area contributed by atoms with Gasteiger partial charge >= 0.3 is 0 Å². The summed E-state index contributed by atoms with van der Waals surface area (Å²) in [6.07, 6.45) is 3.21. The maximum Gasteiger partial charge on any atom is 0.234 e. The molecule has 0 saturated heterocycles. The number of aromatic nitrogens is 3. The number of carbonyl (C=O) groups excluding carboxylic acids is 1. The molecule has 9 nitrogen and oxygen atoms in total. The van der Waals surface area contributed by atoms with Gasteiger partial charge < -0.3 is 25.0 Å². The van der Waals surface area contributed by atoms with Crippen LogP contribution in [-0.2, 0) is 11.4 Å². The summed E-state index contributed by atoms with van der Waals surface area (Å²) >= 11 is 6.49. The Morgan fingerprint density at radius 2 is 1.89 bits per heavy atom. The summed E-state index contributed by atoms with van der Waals surface area (Å²) in [6.45, 7) is 2.82. The van der Waals surface area contributed by atoms with Crippen molar-refractivity contribution in [3.8, 4) is 11.5 Å². The van der Waals surface area contributed by atoms with E-state index in [1.54, 1.807) is 18.3 Å². The van der Waals surface area contributed by atoms with E-state index >= 15 is 0 Å². The van der Waals surface area contributed by atoms with Crippen LogP contribution in [0.4, 0.5) is 11.5 Å². The average Bonchev–Trinajstić information content (AvgIpc) is 2.87. The van der Waals surface area contributed by atoms with Gasteiger partial charge in [-0.25, -0.2) is 9.97 Å². The Morgan fingerprint density at radius 3 is 2.65 bits per heavy atom. The minimum absolute atomic E-state index is 0.0611. The van der Waals surface area contributed by atoms with Gasteiger partial charge in [0.05, 0.1) is 34.2 Å². The van der Waals surface area contributed by atoms with Crippen molar-refractivity contribution in [2.24, 2.45) is 0 Å². The van der Waals surface area contributed by atoms with Crippen LogP contribution in [0.1, 0.15) is 12.6 Å². The number of carbonyl (C=O) groups is 1. The van der Waals surface area contributed by atoms with Crippen LogP contribution in [0, 0.1) is 0 Å². The minimum atomic E-state index is -0.179. The largest absolute Gasteiger partial charge is 0.491 e. The molecule has 192 valence electrons. The third-order valence-corrected chi connectivity index (χ3v) is 5.57. The number of amides is 1. The van der Waals surface area contributed by atoms with Crippen LogP contribution in [0.15, 0.2) is 67.1 Å². The topological polar surface area (TPSA) is 102 Å². The lowest BCUT2D eigenvalue weighted by Gasteiger charge is -2.18.